The second-order valence-electron chi connectivity index (χ2n) is 3.45. The molecule has 0 fully saturated rings. The van der Waals surface area contributed by atoms with Crippen LogP contribution in [0.25, 0.3) is 0 Å². The zero-order valence-electron chi connectivity index (χ0n) is 8.86. The molecule has 0 radical (unpaired) electrons. The predicted octanol–water partition coefficient (Wildman–Crippen LogP) is 3.66. The Balaban J connectivity index is 2.04. The summed E-state index contributed by atoms with van der Waals surface area (Å²) < 4.78 is 6.49. The number of pyridine rings is 1. The van der Waals surface area contributed by atoms with E-state index < -0.39 is 0 Å². The number of halogens is 2. The van der Waals surface area contributed by atoms with Crippen molar-refractivity contribution in [2.75, 3.05) is 5.73 Å². The third-order valence-electron chi connectivity index (χ3n) is 2.12. The first-order chi connectivity index (χ1) is 8.15. The molecule has 88 valence electrons. The van der Waals surface area contributed by atoms with Crippen molar-refractivity contribution in [1.29, 1.82) is 0 Å². The molecule has 0 atom stereocenters. The van der Waals surface area contributed by atoms with Crippen LogP contribution in [0.5, 0.6) is 5.75 Å². The quantitative estimate of drug-likeness (QED) is 0.880. The molecule has 1 aromatic heterocycles. The van der Waals surface area contributed by atoms with E-state index in [0.29, 0.717) is 23.1 Å². The second-order valence-corrected chi connectivity index (χ2v) is 4.77. The highest BCUT2D eigenvalue weighted by atomic mass is 79.9. The van der Waals surface area contributed by atoms with E-state index in [2.05, 4.69) is 20.9 Å². The summed E-state index contributed by atoms with van der Waals surface area (Å²) in [5.74, 6) is 0.602. The Morgan fingerprint density at radius 2 is 2.12 bits per heavy atom. The fraction of sp³-hybridized carbons (Fsp3) is 0.0833. The lowest BCUT2D eigenvalue weighted by Gasteiger charge is -2.08. The molecule has 0 amide bonds. The number of benzene rings is 1. The first-order valence-electron chi connectivity index (χ1n) is 4.93. The van der Waals surface area contributed by atoms with E-state index in [1.807, 2.05) is 12.1 Å². The van der Waals surface area contributed by atoms with Crippen LogP contribution in [0.1, 0.15) is 5.69 Å². The van der Waals surface area contributed by atoms with Crippen molar-refractivity contribution < 1.29 is 4.74 Å². The summed E-state index contributed by atoms with van der Waals surface area (Å²) in [6.45, 7) is 0.372. The number of ether oxygens (including phenoxy) is 1. The molecule has 17 heavy (non-hydrogen) atoms. The number of anilines is 1. The van der Waals surface area contributed by atoms with E-state index in [9.17, 15) is 0 Å². The molecule has 0 spiro atoms. The summed E-state index contributed by atoms with van der Waals surface area (Å²) in [6.07, 6.45) is 1.73. The van der Waals surface area contributed by atoms with Crippen molar-refractivity contribution in [1.82, 2.24) is 4.98 Å². The summed E-state index contributed by atoms with van der Waals surface area (Å²) in [5, 5.41) is 0.502. The smallest absolute Gasteiger partial charge is 0.138 e. The topological polar surface area (TPSA) is 48.1 Å². The standard InChI is InChI=1S/C12H10BrClN2O/c13-8-1-3-10(16-6-8)7-17-12-4-2-9(15)5-11(12)14/h1-6H,7,15H2. The van der Waals surface area contributed by atoms with Crippen LogP contribution >= 0.6 is 27.5 Å². The van der Waals surface area contributed by atoms with Crippen molar-refractivity contribution in [3.8, 4) is 5.75 Å². The summed E-state index contributed by atoms with van der Waals surface area (Å²) in [7, 11) is 0. The molecule has 2 N–H and O–H groups in total. The highest BCUT2D eigenvalue weighted by Crippen LogP contribution is 2.26. The lowest BCUT2D eigenvalue weighted by atomic mass is 10.3. The molecule has 1 aromatic carbocycles. The zero-order valence-corrected chi connectivity index (χ0v) is 11.2. The third kappa shape index (κ3) is 3.35. The van der Waals surface area contributed by atoms with Crippen LogP contribution < -0.4 is 10.5 Å². The number of nitrogens with two attached hydrogens (primary N) is 1. The molecule has 0 aliphatic rings. The molecule has 5 heteroatoms. The Hall–Kier alpha value is -1.26. The maximum absolute atomic E-state index is 5.99. The Labute approximate surface area is 113 Å². The van der Waals surface area contributed by atoms with Gasteiger partial charge in [0.2, 0.25) is 0 Å². The van der Waals surface area contributed by atoms with Gasteiger partial charge in [-0.25, -0.2) is 0 Å². The van der Waals surface area contributed by atoms with E-state index in [1.54, 1.807) is 24.4 Å². The minimum atomic E-state index is 0.372. The van der Waals surface area contributed by atoms with Gasteiger partial charge in [-0.1, -0.05) is 11.6 Å². The fourth-order valence-corrected chi connectivity index (χ4v) is 1.76. The number of aromatic nitrogens is 1. The molecule has 0 aliphatic heterocycles. The van der Waals surface area contributed by atoms with Gasteiger partial charge in [-0.15, -0.1) is 0 Å². The van der Waals surface area contributed by atoms with Gasteiger partial charge in [0, 0.05) is 16.4 Å². The van der Waals surface area contributed by atoms with E-state index >= 15 is 0 Å². The molecule has 1 heterocycles. The Bertz CT molecular complexity index is 516. The van der Waals surface area contributed by atoms with Crippen molar-refractivity contribution in [2.45, 2.75) is 6.61 Å². The minimum absolute atomic E-state index is 0.372. The highest BCUT2D eigenvalue weighted by molar-refractivity contribution is 9.10. The average Bonchev–Trinajstić information content (AvgIpc) is 2.30. The van der Waals surface area contributed by atoms with Crippen LogP contribution in [0.15, 0.2) is 41.0 Å². The van der Waals surface area contributed by atoms with Crippen molar-refractivity contribution in [3.63, 3.8) is 0 Å². The first-order valence-corrected chi connectivity index (χ1v) is 6.10. The lowest BCUT2D eigenvalue weighted by molar-refractivity contribution is 0.301. The number of hydrogen-bond acceptors (Lipinski definition) is 3. The van der Waals surface area contributed by atoms with Gasteiger partial charge in [0.25, 0.3) is 0 Å². The Kier molecular flexibility index (Phi) is 3.86. The van der Waals surface area contributed by atoms with Crippen molar-refractivity contribution in [3.05, 3.63) is 51.7 Å². The molecule has 2 rings (SSSR count). The average molecular weight is 314 g/mol. The van der Waals surface area contributed by atoms with Crippen LogP contribution in [-0.2, 0) is 6.61 Å². The maximum Gasteiger partial charge on any atom is 0.138 e. The first kappa shape index (κ1) is 12.2. The SMILES string of the molecule is Nc1ccc(OCc2ccc(Br)cn2)c(Cl)c1. The highest BCUT2D eigenvalue weighted by Gasteiger charge is 2.02. The largest absolute Gasteiger partial charge is 0.486 e. The van der Waals surface area contributed by atoms with Gasteiger partial charge in [0.15, 0.2) is 0 Å². The van der Waals surface area contributed by atoms with Crippen LogP contribution in [0.3, 0.4) is 0 Å². The number of hydrogen-bond donors (Lipinski definition) is 1. The molecular formula is C12H10BrClN2O. The monoisotopic (exact) mass is 312 g/mol. The van der Waals surface area contributed by atoms with Crippen LogP contribution in [-0.4, -0.2) is 4.98 Å². The molecule has 0 aliphatic carbocycles. The van der Waals surface area contributed by atoms with Gasteiger partial charge < -0.3 is 10.5 Å². The summed E-state index contributed by atoms with van der Waals surface area (Å²) in [4.78, 5) is 4.20. The predicted molar refractivity (Wildman–Crippen MR) is 72.1 cm³/mol. The maximum atomic E-state index is 5.99. The van der Waals surface area contributed by atoms with Gasteiger partial charge in [-0.3, -0.25) is 4.98 Å². The third-order valence-corrected chi connectivity index (χ3v) is 2.88. The Morgan fingerprint density at radius 3 is 2.76 bits per heavy atom. The Morgan fingerprint density at radius 1 is 1.29 bits per heavy atom. The van der Waals surface area contributed by atoms with Gasteiger partial charge >= 0.3 is 0 Å². The number of nitrogens with zero attached hydrogens (tertiary/aromatic N) is 1. The fourth-order valence-electron chi connectivity index (χ4n) is 1.28. The molecule has 3 nitrogen and oxygen atoms in total. The minimum Gasteiger partial charge on any atom is -0.486 e. The van der Waals surface area contributed by atoms with E-state index in [4.69, 9.17) is 22.1 Å². The molecule has 0 saturated heterocycles. The van der Waals surface area contributed by atoms with Crippen LogP contribution in [0, 0.1) is 0 Å². The van der Waals surface area contributed by atoms with E-state index in [1.165, 1.54) is 0 Å². The number of nitrogen functional groups attached to an aromatic ring is 1. The summed E-state index contributed by atoms with van der Waals surface area (Å²) in [6, 6.07) is 8.95. The summed E-state index contributed by atoms with van der Waals surface area (Å²) >= 11 is 9.31. The summed E-state index contributed by atoms with van der Waals surface area (Å²) in [5.41, 5.74) is 7.04. The normalized spacial score (nSPS) is 10.2. The van der Waals surface area contributed by atoms with Gasteiger partial charge in [0.05, 0.1) is 10.7 Å². The molecule has 2 aromatic rings. The van der Waals surface area contributed by atoms with E-state index in [-0.39, 0.29) is 0 Å². The van der Waals surface area contributed by atoms with Crippen molar-refractivity contribution in [2.24, 2.45) is 0 Å². The number of rotatable bonds is 3. The van der Waals surface area contributed by atoms with Crippen LogP contribution in [0.2, 0.25) is 5.02 Å². The molecule has 0 unspecified atom stereocenters. The van der Waals surface area contributed by atoms with Gasteiger partial charge in [-0.2, -0.15) is 0 Å². The van der Waals surface area contributed by atoms with E-state index in [0.717, 1.165) is 10.2 Å². The molecule has 0 bridgehead atoms. The lowest BCUT2D eigenvalue weighted by Crippen LogP contribution is -1.98. The van der Waals surface area contributed by atoms with Crippen LogP contribution in [0.4, 0.5) is 5.69 Å². The van der Waals surface area contributed by atoms with Gasteiger partial charge in [-0.05, 0) is 46.3 Å². The molecular weight excluding hydrogens is 304 g/mol. The molecule has 0 saturated carbocycles. The van der Waals surface area contributed by atoms with Gasteiger partial charge in [0.1, 0.15) is 12.4 Å². The second kappa shape index (κ2) is 5.38. The van der Waals surface area contributed by atoms with Crippen molar-refractivity contribution >= 4 is 33.2 Å². The zero-order chi connectivity index (χ0) is 12.3.